The lowest BCUT2D eigenvalue weighted by Crippen LogP contribution is -2.60. The molecular weight excluding hydrogens is 418 g/mol. The highest BCUT2D eigenvalue weighted by Crippen LogP contribution is 2.38. The maximum atomic E-state index is 9.28. The van der Waals surface area contributed by atoms with Crippen LogP contribution >= 0.6 is 0 Å². The molecule has 1 aromatic carbocycles. The molecule has 4 heteroatoms. The molecule has 2 heterocycles. The van der Waals surface area contributed by atoms with E-state index in [2.05, 4.69) is 94.9 Å². The maximum Gasteiger partial charge on any atom is 0.101 e. The van der Waals surface area contributed by atoms with Crippen LogP contribution in [-0.2, 0) is 4.74 Å². The van der Waals surface area contributed by atoms with E-state index in [4.69, 9.17) is 4.74 Å². The van der Waals surface area contributed by atoms with Crippen molar-refractivity contribution in [1.82, 2.24) is 4.98 Å². The number of benzene rings is 1. The zero-order valence-corrected chi connectivity index (χ0v) is 19.0. The Hall–Kier alpha value is -3.68. The Labute approximate surface area is 200 Å². The van der Waals surface area contributed by atoms with Crippen LogP contribution in [0.2, 0.25) is 0 Å². The van der Waals surface area contributed by atoms with Gasteiger partial charge in [0.1, 0.15) is 6.10 Å². The van der Waals surface area contributed by atoms with E-state index in [1.807, 2.05) is 6.07 Å². The Morgan fingerprint density at radius 1 is 1.03 bits per heavy atom. The van der Waals surface area contributed by atoms with Gasteiger partial charge in [-0.05, 0) is 54.7 Å². The number of anilines is 1. The Kier molecular flexibility index (Phi) is 5.49. The second-order valence-corrected chi connectivity index (χ2v) is 9.30. The van der Waals surface area contributed by atoms with Crippen molar-refractivity contribution in [1.29, 1.82) is 5.26 Å². The molecule has 0 N–H and O–H groups in total. The number of allylic oxidation sites excluding steroid dienone is 7. The van der Waals surface area contributed by atoms with Gasteiger partial charge < -0.3 is 9.64 Å². The van der Waals surface area contributed by atoms with Crippen LogP contribution in [0.1, 0.15) is 42.0 Å². The summed E-state index contributed by atoms with van der Waals surface area (Å²) in [5, 5.41) is 9.28. The van der Waals surface area contributed by atoms with E-state index in [9.17, 15) is 5.26 Å². The van der Waals surface area contributed by atoms with E-state index in [1.54, 1.807) is 12.3 Å². The standard InChI is InChI=1S/C30H27N3O/c31-20-21-15-16-32-26(17-21)24-9-5-7-22(18-24)23-8-6-10-25(19-23)33-27-11-1-3-13-29(27)34-30-14-4-2-12-28(30)33/h1,3-8,10-11,13-19,24,27-30H,2,9,12H2/t24?,27?,28?,29-,30?/m0/s1. The summed E-state index contributed by atoms with van der Waals surface area (Å²) in [6.07, 6.45) is 24.9. The van der Waals surface area contributed by atoms with Gasteiger partial charge in [0.15, 0.2) is 0 Å². The van der Waals surface area contributed by atoms with Crippen molar-refractivity contribution in [3.05, 3.63) is 114 Å². The lowest BCUT2D eigenvalue weighted by Gasteiger charge is -2.51. The minimum absolute atomic E-state index is 0.0642. The summed E-state index contributed by atoms with van der Waals surface area (Å²) >= 11 is 0. The third kappa shape index (κ3) is 3.83. The van der Waals surface area contributed by atoms with E-state index in [0.29, 0.717) is 11.6 Å². The molecule has 3 aliphatic carbocycles. The fourth-order valence-electron chi connectivity index (χ4n) is 5.59. The van der Waals surface area contributed by atoms with Crippen molar-refractivity contribution in [2.45, 2.75) is 49.5 Å². The van der Waals surface area contributed by atoms with Crippen LogP contribution in [0.3, 0.4) is 0 Å². The summed E-state index contributed by atoms with van der Waals surface area (Å²) in [5.74, 6) is 0.170. The van der Waals surface area contributed by atoms with Gasteiger partial charge in [0.2, 0.25) is 0 Å². The summed E-state index contributed by atoms with van der Waals surface area (Å²) in [6, 6.07) is 15.3. The van der Waals surface area contributed by atoms with Gasteiger partial charge in [-0.3, -0.25) is 4.98 Å². The van der Waals surface area contributed by atoms with Crippen molar-refractivity contribution in [3.63, 3.8) is 0 Å². The van der Waals surface area contributed by atoms with Gasteiger partial charge in [-0.25, -0.2) is 0 Å². The number of nitriles is 1. The summed E-state index contributed by atoms with van der Waals surface area (Å²) < 4.78 is 6.46. The number of rotatable bonds is 3. The van der Waals surface area contributed by atoms with Crippen molar-refractivity contribution >= 4 is 11.3 Å². The average Bonchev–Trinajstić information content (AvgIpc) is 2.92. The van der Waals surface area contributed by atoms with Gasteiger partial charge in [0, 0.05) is 23.5 Å². The fraction of sp³-hybridized carbons (Fsp3) is 0.267. The van der Waals surface area contributed by atoms with Gasteiger partial charge in [-0.1, -0.05) is 66.8 Å². The second kappa shape index (κ2) is 8.93. The predicted octanol–water partition coefficient (Wildman–Crippen LogP) is 5.87. The summed E-state index contributed by atoms with van der Waals surface area (Å²) in [5.41, 5.74) is 5.25. The van der Waals surface area contributed by atoms with Crippen LogP contribution in [0.5, 0.6) is 0 Å². The first-order valence-electron chi connectivity index (χ1n) is 12.1. The number of pyridine rings is 1. The monoisotopic (exact) mass is 445 g/mol. The number of aromatic nitrogens is 1. The fourth-order valence-corrected chi connectivity index (χ4v) is 5.59. The van der Waals surface area contributed by atoms with Crippen LogP contribution in [0.4, 0.5) is 5.69 Å². The molecule has 5 atom stereocenters. The van der Waals surface area contributed by atoms with Crippen LogP contribution in [0, 0.1) is 11.3 Å². The Bertz CT molecular complexity index is 1280. The highest BCUT2D eigenvalue weighted by atomic mass is 16.5. The van der Waals surface area contributed by atoms with Crippen LogP contribution in [0.25, 0.3) is 5.57 Å². The smallest absolute Gasteiger partial charge is 0.101 e. The molecule has 0 saturated carbocycles. The normalized spacial score (nSPS) is 29.2. The Balaban J connectivity index is 1.35. The van der Waals surface area contributed by atoms with Gasteiger partial charge in [-0.15, -0.1) is 0 Å². The minimum atomic E-state index is 0.0642. The predicted molar refractivity (Wildman–Crippen MR) is 135 cm³/mol. The molecule has 1 aromatic heterocycles. The van der Waals surface area contributed by atoms with Crippen molar-refractivity contribution in [3.8, 4) is 6.07 Å². The molecular formula is C30H27N3O. The molecule has 1 fully saturated rings. The molecule has 0 amide bonds. The highest BCUT2D eigenvalue weighted by Gasteiger charge is 2.42. The van der Waals surface area contributed by atoms with E-state index in [1.165, 1.54) is 16.8 Å². The first kappa shape index (κ1) is 20.9. The van der Waals surface area contributed by atoms with Gasteiger partial charge in [-0.2, -0.15) is 5.26 Å². The number of hydrogen-bond acceptors (Lipinski definition) is 4. The summed E-state index contributed by atoms with van der Waals surface area (Å²) in [4.78, 5) is 7.13. The zero-order chi connectivity index (χ0) is 22.9. The maximum absolute atomic E-state index is 9.28. The SMILES string of the molecule is N#Cc1ccnc(C2C=C(c3cccc(N4C5CCC=CC5O[C@H]5C=CC=CC54)c3)C=CC2)c1. The van der Waals surface area contributed by atoms with Crippen LogP contribution in [-0.4, -0.2) is 29.3 Å². The van der Waals surface area contributed by atoms with E-state index < -0.39 is 0 Å². The van der Waals surface area contributed by atoms with E-state index in [0.717, 1.165) is 25.0 Å². The molecule has 6 rings (SSSR count). The molecule has 4 nitrogen and oxygen atoms in total. The molecule has 1 saturated heterocycles. The highest BCUT2D eigenvalue weighted by molar-refractivity contribution is 5.78. The number of nitrogens with zero attached hydrogens (tertiary/aromatic N) is 3. The van der Waals surface area contributed by atoms with E-state index in [-0.39, 0.29) is 24.2 Å². The molecule has 0 spiro atoms. The summed E-state index contributed by atoms with van der Waals surface area (Å²) in [6.45, 7) is 0. The molecule has 0 radical (unpaired) electrons. The quantitative estimate of drug-likeness (QED) is 0.555. The van der Waals surface area contributed by atoms with Gasteiger partial charge in [0.25, 0.3) is 0 Å². The second-order valence-electron chi connectivity index (χ2n) is 9.30. The lowest BCUT2D eigenvalue weighted by molar-refractivity contribution is -0.0189. The van der Waals surface area contributed by atoms with Crippen molar-refractivity contribution < 1.29 is 4.74 Å². The van der Waals surface area contributed by atoms with Crippen LogP contribution in [0.15, 0.2) is 97.3 Å². The molecule has 1 aliphatic heterocycles. The van der Waals surface area contributed by atoms with Crippen LogP contribution < -0.4 is 4.90 Å². The van der Waals surface area contributed by atoms with Crippen molar-refractivity contribution in [2.75, 3.05) is 4.90 Å². The van der Waals surface area contributed by atoms with Crippen molar-refractivity contribution in [2.24, 2.45) is 0 Å². The number of fused-ring (bicyclic) bond motifs is 2. The van der Waals surface area contributed by atoms with E-state index >= 15 is 0 Å². The number of morpholine rings is 1. The summed E-state index contributed by atoms with van der Waals surface area (Å²) in [7, 11) is 0. The van der Waals surface area contributed by atoms with Gasteiger partial charge in [0.05, 0.1) is 29.8 Å². The molecule has 2 aromatic rings. The first-order chi connectivity index (χ1) is 16.8. The molecule has 168 valence electrons. The first-order valence-corrected chi connectivity index (χ1v) is 12.1. The number of hydrogen-bond donors (Lipinski definition) is 0. The molecule has 4 aliphatic rings. The third-order valence-corrected chi connectivity index (χ3v) is 7.22. The zero-order valence-electron chi connectivity index (χ0n) is 19.0. The Morgan fingerprint density at radius 3 is 2.91 bits per heavy atom. The number of ether oxygens (including phenoxy) is 1. The largest absolute Gasteiger partial charge is 0.362 e. The topological polar surface area (TPSA) is 49.2 Å². The third-order valence-electron chi connectivity index (χ3n) is 7.22. The Morgan fingerprint density at radius 2 is 1.97 bits per heavy atom. The molecule has 34 heavy (non-hydrogen) atoms. The van der Waals surface area contributed by atoms with Gasteiger partial charge >= 0.3 is 0 Å². The molecule has 4 unspecified atom stereocenters. The minimum Gasteiger partial charge on any atom is -0.362 e. The molecule has 0 bridgehead atoms. The lowest BCUT2D eigenvalue weighted by atomic mass is 9.87. The average molecular weight is 446 g/mol.